The van der Waals surface area contributed by atoms with Crippen molar-refractivity contribution in [3.63, 3.8) is 0 Å². The summed E-state index contributed by atoms with van der Waals surface area (Å²) in [6.07, 6.45) is 5.50. The number of anilines is 1. The molecule has 1 amide bonds. The second-order valence-electron chi connectivity index (χ2n) is 8.56. The van der Waals surface area contributed by atoms with E-state index in [9.17, 15) is 4.79 Å². The van der Waals surface area contributed by atoms with Crippen LogP contribution in [0, 0.1) is 5.92 Å². The van der Waals surface area contributed by atoms with E-state index in [4.69, 9.17) is 14.4 Å². The van der Waals surface area contributed by atoms with E-state index in [-0.39, 0.29) is 18.7 Å². The number of aliphatic hydroxyl groups is 1. The number of carbonyl (C=O) groups excluding carboxylic acids is 1. The smallest absolute Gasteiger partial charge is 0.410 e. The van der Waals surface area contributed by atoms with Crippen molar-refractivity contribution < 1.29 is 19.2 Å². The summed E-state index contributed by atoms with van der Waals surface area (Å²) in [6, 6.07) is -0.205. The maximum atomic E-state index is 12.5. The number of nitrogens with zero attached hydrogens (tertiary/aromatic N) is 4. The highest BCUT2D eigenvalue weighted by Crippen LogP contribution is 2.33. The van der Waals surface area contributed by atoms with E-state index in [0.717, 1.165) is 51.6 Å². The first-order chi connectivity index (χ1) is 12.9. The topological polar surface area (TPSA) is 91.9 Å². The molecule has 2 saturated heterocycles. The highest BCUT2D eigenvalue weighted by molar-refractivity contribution is 5.69. The van der Waals surface area contributed by atoms with Crippen LogP contribution in [-0.4, -0.2) is 58.1 Å². The predicted octanol–water partition coefficient (Wildman–Crippen LogP) is 3.13. The van der Waals surface area contributed by atoms with Crippen LogP contribution in [0.3, 0.4) is 0 Å². The minimum atomic E-state index is -0.523. The first kappa shape index (κ1) is 19.9. The lowest BCUT2D eigenvalue weighted by atomic mass is 9.92. The molecule has 2 aliphatic heterocycles. The van der Waals surface area contributed by atoms with E-state index < -0.39 is 5.60 Å². The third-order valence-electron chi connectivity index (χ3n) is 5.26. The Kier molecular flexibility index (Phi) is 6.24. The summed E-state index contributed by atoms with van der Waals surface area (Å²) in [6.45, 7) is 8.31. The van der Waals surface area contributed by atoms with Crippen molar-refractivity contribution in [2.24, 2.45) is 5.92 Å². The van der Waals surface area contributed by atoms with Gasteiger partial charge in [-0.15, -0.1) is 0 Å². The molecule has 1 N–H and O–H groups in total. The van der Waals surface area contributed by atoms with Gasteiger partial charge in [0.25, 0.3) is 11.8 Å². The van der Waals surface area contributed by atoms with E-state index in [1.54, 1.807) is 4.90 Å². The lowest BCUT2D eigenvalue weighted by molar-refractivity contribution is 0.0199. The van der Waals surface area contributed by atoms with Crippen molar-refractivity contribution in [3.05, 3.63) is 5.89 Å². The van der Waals surface area contributed by atoms with Crippen molar-refractivity contribution in [1.82, 2.24) is 15.0 Å². The minimum Gasteiger partial charge on any atom is -0.444 e. The molecule has 8 heteroatoms. The fourth-order valence-corrected chi connectivity index (χ4v) is 3.85. The monoisotopic (exact) mass is 380 g/mol. The molecule has 0 aliphatic carbocycles. The number of rotatable bonds is 5. The maximum Gasteiger partial charge on any atom is 0.410 e. The highest BCUT2D eigenvalue weighted by Gasteiger charge is 2.37. The molecule has 0 bridgehead atoms. The lowest BCUT2D eigenvalue weighted by Gasteiger charge is -2.30. The Morgan fingerprint density at radius 3 is 2.67 bits per heavy atom. The van der Waals surface area contributed by atoms with Crippen LogP contribution in [0.2, 0.25) is 0 Å². The van der Waals surface area contributed by atoms with Gasteiger partial charge in [-0.2, -0.15) is 4.98 Å². The average Bonchev–Trinajstić information content (AvgIpc) is 3.27. The second-order valence-corrected chi connectivity index (χ2v) is 8.56. The van der Waals surface area contributed by atoms with Crippen LogP contribution in [0.15, 0.2) is 4.52 Å². The SMILES string of the molecule is CC(C)(C)OC(=O)N1CCCC1c1nc(N2CCC(CCCO)CC2)no1. The fraction of sp³-hybridized carbons (Fsp3) is 0.842. The average molecular weight is 380 g/mol. The summed E-state index contributed by atoms with van der Waals surface area (Å²) < 4.78 is 11.0. The molecular weight excluding hydrogens is 348 g/mol. The molecule has 2 fully saturated rings. The zero-order chi connectivity index (χ0) is 19.4. The zero-order valence-electron chi connectivity index (χ0n) is 16.7. The number of piperidine rings is 1. The Morgan fingerprint density at radius 1 is 1.26 bits per heavy atom. The number of ether oxygens (including phenoxy) is 1. The van der Waals surface area contributed by atoms with Crippen LogP contribution in [0.4, 0.5) is 10.7 Å². The van der Waals surface area contributed by atoms with Crippen LogP contribution >= 0.6 is 0 Å². The largest absolute Gasteiger partial charge is 0.444 e. The molecular formula is C19H32N4O4. The molecule has 1 atom stereocenters. The summed E-state index contributed by atoms with van der Waals surface area (Å²) in [5.41, 5.74) is -0.523. The Bertz CT molecular complexity index is 619. The van der Waals surface area contributed by atoms with Crippen LogP contribution in [0.25, 0.3) is 0 Å². The molecule has 0 spiro atoms. The Labute approximate surface area is 160 Å². The third kappa shape index (κ3) is 5.12. The lowest BCUT2D eigenvalue weighted by Crippen LogP contribution is -2.36. The van der Waals surface area contributed by atoms with Crippen molar-refractivity contribution in [2.45, 2.75) is 70.9 Å². The molecule has 152 valence electrons. The summed E-state index contributed by atoms with van der Waals surface area (Å²) in [5, 5.41) is 13.1. The third-order valence-corrected chi connectivity index (χ3v) is 5.26. The van der Waals surface area contributed by atoms with Crippen molar-refractivity contribution in [1.29, 1.82) is 0 Å². The van der Waals surface area contributed by atoms with Gasteiger partial charge in [-0.1, -0.05) is 0 Å². The van der Waals surface area contributed by atoms with Gasteiger partial charge in [0.05, 0.1) is 0 Å². The van der Waals surface area contributed by atoms with Gasteiger partial charge in [-0.25, -0.2) is 4.79 Å². The Morgan fingerprint density at radius 2 is 2.00 bits per heavy atom. The first-order valence-corrected chi connectivity index (χ1v) is 10.1. The van der Waals surface area contributed by atoms with E-state index in [0.29, 0.717) is 24.3 Å². The summed E-state index contributed by atoms with van der Waals surface area (Å²) in [4.78, 5) is 20.9. The number of amides is 1. The summed E-state index contributed by atoms with van der Waals surface area (Å²) >= 11 is 0. The number of aromatic nitrogens is 2. The molecule has 3 heterocycles. The number of hydrogen-bond acceptors (Lipinski definition) is 7. The van der Waals surface area contributed by atoms with Gasteiger partial charge in [0.1, 0.15) is 11.6 Å². The number of likely N-dealkylation sites (tertiary alicyclic amines) is 1. The highest BCUT2D eigenvalue weighted by atomic mass is 16.6. The van der Waals surface area contributed by atoms with Gasteiger partial charge in [-0.3, -0.25) is 4.90 Å². The molecule has 1 unspecified atom stereocenters. The standard InChI is InChI=1S/C19H32N4O4/c1-19(2,3)26-18(25)23-10-4-7-15(23)16-20-17(21-27-16)22-11-8-14(9-12-22)6-5-13-24/h14-15,24H,4-13H2,1-3H3. The van der Waals surface area contributed by atoms with Crippen molar-refractivity contribution >= 4 is 12.0 Å². The molecule has 27 heavy (non-hydrogen) atoms. The minimum absolute atomic E-state index is 0.205. The van der Waals surface area contributed by atoms with Gasteiger partial charge < -0.3 is 19.3 Å². The summed E-state index contributed by atoms with van der Waals surface area (Å²) in [7, 11) is 0. The van der Waals surface area contributed by atoms with Gasteiger partial charge in [0.2, 0.25) is 0 Å². The molecule has 1 aromatic heterocycles. The van der Waals surface area contributed by atoms with Gasteiger partial charge in [0, 0.05) is 26.2 Å². The first-order valence-electron chi connectivity index (χ1n) is 10.1. The normalized spacial score (nSPS) is 21.7. The van der Waals surface area contributed by atoms with Crippen LogP contribution in [0.5, 0.6) is 0 Å². The zero-order valence-corrected chi connectivity index (χ0v) is 16.7. The van der Waals surface area contributed by atoms with Gasteiger partial charge in [0.15, 0.2) is 0 Å². The molecule has 2 aliphatic rings. The molecule has 0 aromatic carbocycles. The molecule has 0 radical (unpaired) electrons. The number of aliphatic hydroxyl groups excluding tert-OH is 1. The van der Waals surface area contributed by atoms with E-state index in [1.165, 1.54) is 0 Å². The van der Waals surface area contributed by atoms with Crippen LogP contribution in [-0.2, 0) is 4.74 Å². The fourth-order valence-electron chi connectivity index (χ4n) is 3.85. The van der Waals surface area contributed by atoms with Gasteiger partial charge >= 0.3 is 6.09 Å². The molecule has 3 rings (SSSR count). The van der Waals surface area contributed by atoms with E-state index in [2.05, 4.69) is 15.0 Å². The van der Waals surface area contributed by atoms with Crippen LogP contribution < -0.4 is 4.90 Å². The van der Waals surface area contributed by atoms with Crippen LogP contribution in [0.1, 0.15) is 71.2 Å². The molecule has 8 nitrogen and oxygen atoms in total. The maximum absolute atomic E-state index is 12.5. The quantitative estimate of drug-likeness (QED) is 0.839. The van der Waals surface area contributed by atoms with Crippen molar-refractivity contribution in [3.8, 4) is 0 Å². The number of carbonyl (C=O) groups is 1. The van der Waals surface area contributed by atoms with Crippen molar-refractivity contribution in [2.75, 3.05) is 31.1 Å². The Hall–Kier alpha value is -1.83. The molecule has 0 saturated carbocycles. The number of hydrogen-bond donors (Lipinski definition) is 1. The van der Waals surface area contributed by atoms with Gasteiger partial charge in [-0.05, 0) is 70.4 Å². The van der Waals surface area contributed by atoms with E-state index in [1.807, 2.05) is 20.8 Å². The second kappa shape index (κ2) is 8.46. The Balaban J connectivity index is 1.59. The van der Waals surface area contributed by atoms with E-state index >= 15 is 0 Å². The molecule has 1 aromatic rings. The predicted molar refractivity (Wildman–Crippen MR) is 100 cm³/mol. The summed E-state index contributed by atoms with van der Waals surface area (Å²) in [5.74, 6) is 1.77.